The average Bonchev–Trinajstić information content (AvgIpc) is 3.35. The molecule has 180 valence electrons. The molecule has 0 bridgehead atoms. The van der Waals surface area contributed by atoms with Gasteiger partial charge in [-0.2, -0.15) is 13.2 Å². The number of carbonyl (C=O) groups excluding carboxylic acids is 1. The van der Waals surface area contributed by atoms with Crippen molar-refractivity contribution in [2.24, 2.45) is 0 Å². The van der Waals surface area contributed by atoms with Crippen molar-refractivity contribution < 1.29 is 18.0 Å². The summed E-state index contributed by atoms with van der Waals surface area (Å²) in [6.07, 6.45) is 1.84. The zero-order chi connectivity index (χ0) is 25.3. The highest BCUT2D eigenvalue weighted by Crippen LogP contribution is 2.32. The number of fused-ring (bicyclic) bond motifs is 1. The van der Waals surface area contributed by atoms with Crippen molar-refractivity contribution in [1.29, 1.82) is 0 Å². The molecule has 9 nitrogen and oxygen atoms in total. The lowest BCUT2D eigenvalue weighted by Crippen LogP contribution is -2.14. The molecule has 0 saturated carbocycles. The van der Waals surface area contributed by atoms with E-state index in [-0.39, 0.29) is 11.3 Å². The number of H-pyrrole nitrogens is 1. The molecule has 0 fully saturated rings. The molecule has 4 heterocycles. The van der Waals surface area contributed by atoms with Crippen LogP contribution in [0.1, 0.15) is 21.5 Å². The standard InChI is InChI=1S/C24H17F3N8O/c1-13-4-5-14(23(36)34-16-8-15(9-28-10-16)24(25,26)27)7-18(13)35-21-17(3-2-6-29-21)19-20-22(32-11-30-19)33-12-31-20/h2-12H,1H3,(H,29,35)(H,34,36)(H,30,31,32,33). The molecule has 1 aromatic carbocycles. The summed E-state index contributed by atoms with van der Waals surface area (Å²) in [4.78, 5) is 36.6. The van der Waals surface area contributed by atoms with Gasteiger partial charge in [0, 0.05) is 29.2 Å². The lowest BCUT2D eigenvalue weighted by molar-refractivity contribution is -0.137. The molecule has 0 saturated heterocycles. The number of nitrogens with zero attached hydrogens (tertiary/aromatic N) is 5. The van der Waals surface area contributed by atoms with Crippen LogP contribution in [0.5, 0.6) is 0 Å². The number of anilines is 3. The molecule has 5 rings (SSSR count). The van der Waals surface area contributed by atoms with Gasteiger partial charge in [0.1, 0.15) is 23.4 Å². The van der Waals surface area contributed by atoms with Crippen molar-refractivity contribution in [2.75, 3.05) is 10.6 Å². The fourth-order valence-corrected chi connectivity index (χ4v) is 3.55. The van der Waals surface area contributed by atoms with E-state index < -0.39 is 17.6 Å². The van der Waals surface area contributed by atoms with Crippen LogP contribution in [0.3, 0.4) is 0 Å². The quantitative estimate of drug-likeness (QED) is 0.312. The van der Waals surface area contributed by atoms with E-state index in [0.29, 0.717) is 40.1 Å². The molecule has 12 heteroatoms. The van der Waals surface area contributed by atoms with Crippen LogP contribution in [-0.4, -0.2) is 35.8 Å². The van der Waals surface area contributed by atoms with Gasteiger partial charge in [0.25, 0.3) is 5.91 Å². The number of nitrogens with one attached hydrogen (secondary N) is 3. The third kappa shape index (κ3) is 4.56. The Morgan fingerprint density at radius 1 is 1.03 bits per heavy atom. The van der Waals surface area contributed by atoms with Gasteiger partial charge in [0.15, 0.2) is 5.65 Å². The second-order valence-corrected chi connectivity index (χ2v) is 7.79. The summed E-state index contributed by atoms with van der Waals surface area (Å²) in [7, 11) is 0. The first-order valence-electron chi connectivity index (χ1n) is 10.6. The smallest absolute Gasteiger partial charge is 0.339 e. The predicted molar refractivity (Wildman–Crippen MR) is 127 cm³/mol. The minimum atomic E-state index is -4.57. The number of aromatic amines is 1. The van der Waals surface area contributed by atoms with Gasteiger partial charge >= 0.3 is 6.18 Å². The topological polar surface area (TPSA) is 121 Å². The molecule has 0 spiro atoms. The van der Waals surface area contributed by atoms with Crippen LogP contribution >= 0.6 is 0 Å². The van der Waals surface area contributed by atoms with Crippen LogP contribution in [0.2, 0.25) is 0 Å². The van der Waals surface area contributed by atoms with Crippen molar-refractivity contribution in [3.63, 3.8) is 0 Å². The van der Waals surface area contributed by atoms with Gasteiger partial charge in [0.05, 0.1) is 23.8 Å². The van der Waals surface area contributed by atoms with E-state index in [0.717, 1.165) is 17.8 Å². The van der Waals surface area contributed by atoms with E-state index in [1.165, 1.54) is 12.7 Å². The maximum absolute atomic E-state index is 13.0. The number of aryl methyl sites for hydroxylation is 1. The summed E-state index contributed by atoms with van der Waals surface area (Å²) in [5, 5.41) is 5.70. The molecule has 0 aliphatic rings. The normalized spacial score (nSPS) is 11.4. The Bertz CT molecular complexity index is 1580. The number of hydrogen-bond acceptors (Lipinski definition) is 7. The van der Waals surface area contributed by atoms with Crippen LogP contribution in [0.25, 0.3) is 22.4 Å². The summed E-state index contributed by atoms with van der Waals surface area (Å²) >= 11 is 0. The molecular weight excluding hydrogens is 473 g/mol. The third-order valence-corrected chi connectivity index (χ3v) is 5.36. The minimum absolute atomic E-state index is 0.0660. The molecule has 0 aliphatic heterocycles. The highest BCUT2D eigenvalue weighted by atomic mass is 19.4. The van der Waals surface area contributed by atoms with Crippen molar-refractivity contribution in [3.05, 3.63) is 84.3 Å². The van der Waals surface area contributed by atoms with Crippen molar-refractivity contribution in [2.45, 2.75) is 13.1 Å². The second-order valence-electron chi connectivity index (χ2n) is 7.79. The van der Waals surface area contributed by atoms with Crippen LogP contribution in [0.4, 0.5) is 30.4 Å². The minimum Gasteiger partial charge on any atom is -0.339 e. The van der Waals surface area contributed by atoms with E-state index in [1.807, 2.05) is 13.0 Å². The van der Waals surface area contributed by atoms with Gasteiger partial charge in [0.2, 0.25) is 0 Å². The van der Waals surface area contributed by atoms with Crippen molar-refractivity contribution in [3.8, 4) is 11.3 Å². The first-order chi connectivity index (χ1) is 17.3. The number of aromatic nitrogens is 6. The number of alkyl halides is 3. The fourth-order valence-electron chi connectivity index (χ4n) is 3.55. The first-order valence-corrected chi connectivity index (χ1v) is 10.6. The highest BCUT2D eigenvalue weighted by Gasteiger charge is 2.31. The fraction of sp³-hybridized carbons (Fsp3) is 0.0833. The summed E-state index contributed by atoms with van der Waals surface area (Å²) in [6, 6.07) is 9.32. The molecule has 0 aliphatic carbocycles. The number of halogens is 3. The molecule has 1 amide bonds. The van der Waals surface area contributed by atoms with E-state index in [2.05, 4.69) is 40.5 Å². The van der Waals surface area contributed by atoms with Gasteiger partial charge in [-0.25, -0.2) is 19.9 Å². The summed E-state index contributed by atoms with van der Waals surface area (Å²) in [6.45, 7) is 1.85. The number of rotatable bonds is 5. The number of imidazole rings is 1. The van der Waals surface area contributed by atoms with E-state index >= 15 is 0 Å². The Morgan fingerprint density at radius 2 is 1.89 bits per heavy atom. The Balaban J connectivity index is 1.44. The van der Waals surface area contributed by atoms with Crippen LogP contribution < -0.4 is 10.6 Å². The van der Waals surface area contributed by atoms with Gasteiger partial charge < -0.3 is 15.6 Å². The van der Waals surface area contributed by atoms with Crippen LogP contribution in [0.15, 0.2) is 67.6 Å². The molecule has 0 unspecified atom stereocenters. The van der Waals surface area contributed by atoms with E-state index in [1.54, 1.807) is 30.5 Å². The second kappa shape index (κ2) is 9.06. The zero-order valence-corrected chi connectivity index (χ0v) is 18.6. The summed E-state index contributed by atoms with van der Waals surface area (Å²) in [5.41, 5.74) is 3.00. The van der Waals surface area contributed by atoms with E-state index in [4.69, 9.17) is 0 Å². The first kappa shape index (κ1) is 22.9. The lowest BCUT2D eigenvalue weighted by Gasteiger charge is -2.14. The average molecular weight is 490 g/mol. The van der Waals surface area contributed by atoms with Crippen molar-refractivity contribution in [1.82, 2.24) is 29.9 Å². The number of pyridine rings is 2. The van der Waals surface area contributed by atoms with Gasteiger partial charge in [-0.15, -0.1) is 0 Å². The summed E-state index contributed by atoms with van der Waals surface area (Å²) < 4.78 is 38.9. The Hall–Kier alpha value is -4.87. The Morgan fingerprint density at radius 3 is 2.72 bits per heavy atom. The van der Waals surface area contributed by atoms with Gasteiger partial charge in [-0.1, -0.05) is 6.07 Å². The molecule has 5 aromatic rings. The third-order valence-electron chi connectivity index (χ3n) is 5.36. The molecule has 36 heavy (non-hydrogen) atoms. The molecule has 4 aromatic heterocycles. The zero-order valence-electron chi connectivity index (χ0n) is 18.6. The SMILES string of the molecule is Cc1ccc(C(=O)Nc2cncc(C(F)(F)F)c2)cc1Nc1ncccc1-c1ncnc2[nH]cnc12. The van der Waals surface area contributed by atoms with Crippen molar-refractivity contribution >= 4 is 34.3 Å². The predicted octanol–water partition coefficient (Wildman–Crippen LogP) is 5.13. The summed E-state index contributed by atoms with van der Waals surface area (Å²) in [5.74, 6) is -0.113. The van der Waals surface area contributed by atoms with Crippen LogP contribution in [-0.2, 0) is 6.18 Å². The maximum atomic E-state index is 13.0. The molecule has 3 N–H and O–H groups in total. The maximum Gasteiger partial charge on any atom is 0.417 e. The lowest BCUT2D eigenvalue weighted by atomic mass is 10.1. The molecular formula is C24H17F3N8O. The number of amides is 1. The van der Waals surface area contributed by atoms with Crippen LogP contribution in [0, 0.1) is 6.92 Å². The number of carbonyl (C=O) groups is 1. The highest BCUT2D eigenvalue weighted by molar-refractivity contribution is 6.05. The van der Waals surface area contributed by atoms with Gasteiger partial charge in [-0.3, -0.25) is 9.78 Å². The van der Waals surface area contributed by atoms with Gasteiger partial charge in [-0.05, 0) is 42.8 Å². The Kier molecular flexibility index (Phi) is 5.76. The Labute approximate surface area is 201 Å². The monoisotopic (exact) mass is 490 g/mol. The molecule has 0 radical (unpaired) electrons. The largest absolute Gasteiger partial charge is 0.417 e. The number of hydrogen-bond donors (Lipinski definition) is 3. The number of benzene rings is 1. The van der Waals surface area contributed by atoms with E-state index in [9.17, 15) is 18.0 Å². The molecule has 0 atom stereocenters.